The van der Waals surface area contributed by atoms with Gasteiger partial charge in [0.1, 0.15) is 5.75 Å². The number of benzene rings is 1. The first-order valence-electron chi connectivity index (χ1n) is 4.68. The van der Waals surface area contributed by atoms with Crippen molar-refractivity contribution in [1.29, 1.82) is 0 Å². The van der Waals surface area contributed by atoms with Crippen LogP contribution in [0.2, 0.25) is 5.02 Å². The molecule has 78 valence electrons. The fourth-order valence-corrected chi connectivity index (χ4v) is 1.33. The van der Waals surface area contributed by atoms with Crippen molar-refractivity contribution in [3.63, 3.8) is 0 Å². The van der Waals surface area contributed by atoms with E-state index in [0.717, 1.165) is 5.56 Å². The van der Waals surface area contributed by atoms with Gasteiger partial charge in [0.2, 0.25) is 0 Å². The van der Waals surface area contributed by atoms with Crippen molar-refractivity contribution in [2.45, 2.75) is 26.4 Å². The predicted molar refractivity (Wildman–Crippen MR) is 59.7 cm³/mol. The molecule has 0 radical (unpaired) electrons. The van der Waals surface area contributed by atoms with Gasteiger partial charge in [0.05, 0.1) is 0 Å². The molecule has 0 aliphatic heterocycles. The zero-order valence-corrected chi connectivity index (χ0v) is 9.54. The number of phenolic OH excluding ortho intramolecular Hbond substituents is 1. The molecule has 0 aliphatic carbocycles. The summed E-state index contributed by atoms with van der Waals surface area (Å²) in [5.74, 6) is 0.307. The smallest absolute Gasteiger partial charge is 0.120 e. The molecule has 14 heavy (non-hydrogen) atoms. The molecule has 3 heteroatoms. The summed E-state index contributed by atoms with van der Waals surface area (Å²) in [6.45, 7) is 4.94. The van der Waals surface area contributed by atoms with Crippen molar-refractivity contribution in [2.75, 3.05) is 7.05 Å². The Labute approximate surface area is 90.1 Å². The van der Waals surface area contributed by atoms with Gasteiger partial charge in [-0.05, 0) is 39.1 Å². The minimum absolute atomic E-state index is 0.307. The minimum Gasteiger partial charge on any atom is -0.508 e. The van der Waals surface area contributed by atoms with Crippen LogP contribution < -0.4 is 0 Å². The predicted octanol–water partition coefficient (Wildman–Crippen LogP) is 2.89. The molecule has 0 unspecified atom stereocenters. The number of halogens is 1. The maximum atomic E-state index is 9.58. The number of hydrogen-bond acceptors (Lipinski definition) is 2. The molecule has 0 saturated heterocycles. The zero-order valence-electron chi connectivity index (χ0n) is 8.79. The highest BCUT2D eigenvalue weighted by molar-refractivity contribution is 6.30. The van der Waals surface area contributed by atoms with E-state index in [9.17, 15) is 5.11 Å². The summed E-state index contributed by atoms with van der Waals surface area (Å²) < 4.78 is 0. The Morgan fingerprint density at radius 1 is 1.43 bits per heavy atom. The van der Waals surface area contributed by atoms with Crippen LogP contribution in [0.25, 0.3) is 0 Å². The molecule has 0 bridgehead atoms. The van der Waals surface area contributed by atoms with E-state index in [1.165, 1.54) is 0 Å². The number of aromatic hydroxyl groups is 1. The van der Waals surface area contributed by atoms with E-state index in [0.29, 0.717) is 23.4 Å². The SMILES string of the molecule is CC(C)N(C)Cc1cc(Cl)ccc1O. The Hall–Kier alpha value is -0.730. The number of rotatable bonds is 3. The van der Waals surface area contributed by atoms with Crippen LogP contribution in [0.4, 0.5) is 0 Å². The molecule has 1 aromatic carbocycles. The highest BCUT2D eigenvalue weighted by atomic mass is 35.5. The molecule has 0 fully saturated rings. The van der Waals surface area contributed by atoms with Crippen molar-refractivity contribution >= 4 is 11.6 Å². The van der Waals surface area contributed by atoms with Gasteiger partial charge >= 0.3 is 0 Å². The quantitative estimate of drug-likeness (QED) is 0.835. The van der Waals surface area contributed by atoms with Gasteiger partial charge in [0.25, 0.3) is 0 Å². The van der Waals surface area contributed by atoms with Gasteiger partial charge in [0.15, 0.2) is 0 Å². The summed E-state index contributed by atoms with van der Waals surface area (Å²) in [6.07, 6.45) is 0. The van der Waals surface area contributed by atoms with Crippen molar-refractivity contribution in [3.05, 3.63) is 28.8 Å². The lowest BCUT2D eigenvalue weighted by Gasteiger charge is -2.21. The van der Waals surface area contributed by atoms with Crippen LogP contribution in [0.1, 0.15) is 19.4 Å². The van der Waals surface area contributed by atoms with Crippen molar-refractivity contribution in [1.82, 2.24) is 4.90 Å². The van der Waals surface area contributed by atoms with Crippen LogP contribution in [0.5, 0.6) is 5.75 Å². The standard InChI is InChI=1S/C11H16ClNO/c1-8(2)13(3)7-9-6-10(12)4-5-11(9)14/h4-6,8,14H,7H2,1-3H3. The first-order chi connectivity index (χ1) is 6.50. The van der Waals surface area contributed by atoms with Gasteiger partial charge < -0.3 is 5.11 Å². The maximum Gasteiger partial charge on any atom is 0.120 e. The van der Waals surface area contributed by atoms with Crippen LogP contribution in [0.3, 0.4) is 0 Å². The molecule has 1 rings (SSSR count). The van der Waals surface area contributed by atoms with Gasteiger partial charge in [0, 0.05) is 23.2 Å². The van der Waals surface area contributed by atoms with Gasteiger partial charge in [-0.3, -0.25) is 4.90 Å². The molecule has 0 saturated carbocycles. The molecular formula is C11H16ClNO. The average molecular weight is 214 g/mol. The minimum atomic E-state index is 0.307. The Morgan fingerprint density at radius 3 is 2.64 bits per heavy atom. The second-order valence-electron chi connectivity index (χ2n) is 3.78. The number of nitrogens with zero attached hydrogens (tertiary/aromatic N) is 1. The lowest BCUT2D eigenvalue weighted by molar-refractivity contribution is 0.262. The summed E-state index contributed by atoms with van der Waals surface area (Å²) in [6, 6.07) is 5.57. The molecular weight excluding hydrogens is 198 g/mol. The molecule has 0 aliphatic rings. The Balaban J connectivity index is 2.80. The fourth-order valence-electron chi connectivity index (χ4n) is 1.13. The maximum absolute atomic E-state index is 9.58. The van der Waals surface area contributed by atoms with E-state index < -0.39 is 0 Å². The monoisotopic (exact) mass is 213 g/mol. The first-order valence-corrected chi connectivity index (χ1v) is 5.06. The van der Waals surface area contributed by atoms with E-state index >= 15 is 0 Å². The van der Waals surface area contributed by atoms with Gasteiger partial charge in [-0.1, -0.05) is 11.6 Å². The van der Waals surface area contributed by atoms with Crippen LogP contribution in [-0.2, 0) is 6.54 Å². The second kappa shape index (κ2) is 4.67. The van der Waals surface area contributed by atoms with E-state index in [1.54, 1.807) is 18.2 Å². The molecule has 1 aromatic rings. The summed E-state index contributed by atoms with van der Waals surface area (Å²) >= 11 is 5.85. The molecule has 0 atom stereocenters. The van der Waals surface area contributed by atoms with Crippen molar-refractivity contribution in [3.8, 4) is 5.75 Å². The number of hydrogen-bond donors (Lipinski definition) is 1. The molecule has 2 nitrogen and oxygen atoms in total. The van der Waals surface area contributed by atoms with Crippen LogP contribution >= 0.6 is 11.6 Å². The van der Waals surface area contributed by atoms with E-state index in [4.69, 9.17) is 11.6 Å². The normalized spacial score (nSPS) is 11.3. The summed E-state index contributed by atoms with van der Waals surface area (Å²) in [5, 5.41) is 10.2. The van der Waals surface area contributed by atoms with Gasteiger partial charge in [-0.2, -0.15) is 0 Å². The highest BCUT2D eigenvalue weighted by Gasteiger charge is 2.08. The van der Waals surface area contributed by atoms with E-state index in [-0.39, 0.29) is 0 Å². The molecule has 0 aromatic heterocycles. The topological polar surface area (TPSA) is 23.5 Å². The largest absolute Gasteiger partial charge is 0.508 e. The molecule has 0 amide bonds. The zero-order chi connectivity index (χ0) is 10.7. The second-order valence-corrected chi connectivity index (χ2v) is 4.22. The third-order valence-corrected chi connectivity index (χ3v) is 2.58. The third kappa shape index (κ3) is 2.89. The van der Waals surface area contributed by atoms with Gasteiger partial charge in [-0.25, -0.2) is 0 Å². The van der Waals surface area contributed by atoms with Crippen LogP contribution in [-0.4, -0.2) is 23.1 Å². The average Bonchev–Trinajstić information content (AvgIpc) is 2.11. The Kier molecular flexibility index (Phi) is 3.78. The van der Waals surface area contributed by atoms with Crippen molar-refractivity contribution in [2.24, 2.45) is 0 Å². The van der Waals surface area contributed by atoms with Crippen LogP contribution in [0, 0.1) is 0 Å². The summed E-state index contributed by atoms with van der Waals surface area (Å²) in [5.41, 5.74) is 0.869. The van der Waals surface area contributed by atoms with Crippen LogP contribution in [0.15, 0.2) is 18.2 Å². The summed E-state index contributed by atoms with van der Waals surface area (Å²) in [7, 11) is 2.02. The fraction of sp³-hybridized carbons (Fsp3) is 0.455. The Morgan fingerprint density at radius 2 is 2.07 bits per heavy atom. The van der Waals surface area contributed by atoms with E-state index in [1.807, 2.05) is 7.05 Å². The first kappa shape index (κ1) is 11.3. The van der Waals surface area contributed by atoms with E-state index in [2.05, 4.69) is 18.7 Å². The molecule has 1 N–H and O–H groups in total. The molecule has 0 spiro atoms. The molecule has 0 heterocycles. The van der Waals surface area contributed by atoms with Crippen molar-refractivity contribution < 1.29 is 5.11 Å². The summed E-state index contributed by atoms with van der Waals surface area (Å²) in [4.78, 5) is 2.14. The lowest BCUT2D eigenvalue weighted by Crippen LogP contribution is -2.25. The lowest BCUT2D eigenvalue weighted by atomic mass is 10.2. The Bertz CT molecular complexity index is 312. The third-order valence-electron chi connectivity index (χ3n) is 2.34. The number of phenols is 1. The van der Waals surface area contributed by atoms with Gasteiger partial charge in [-0.15, -0.1) is 0 Å². The highest BCUT2D eigenvalue weighted by Crippen LogP contribution is 2.22.